The third-order valence-corrected chi connectivity index (χ3v) is 6.31. The minimum absolute atomic E-state index is 0.0268. The van der Waals surface area contributed by atoms with E-state index in [4.69, 9.17) is 10.5 Å². The molecule has 0 aliphatic carbocycles. The van der Waals surface area contributed by atoms with Crippen molar-refractivity contribution < 1.29 is 36.4 Å². The van der Waals surface area contributed by atoms with E-state index in [0.29, 0.717) is 10.1 Å². The fourth-order valence-corrected chi connectivity index (χ4v) is 4.54. The van der Waals surface area contributed by atoms with Crippen LogP contribution < -0.4 is 10.8 Å². The molecule has 0 bridgehead atoms. The van der Waals surface area contributed by atoms with E-state index in [2.05, 4.69) is 9.61 Å². The van der Waals surface area contributed by atoms with Gasteiger partial charge in [-0.05, 0) is 43.0 Å². The van der Waals surface area contributed by atoms with Gasteiger partial charge in [-0.15, -0.1) is 24.5 Å². The Hall–Kier alpha value is -1.81. The number of rotatable bonds is 8. The molecule has 12 heteroatoms. The number of benzene rings is 1. The third-order valence-electron chi connectivity index (χ3n) is 3.43. The van der Waals surface area contributed by atoms with Crippen LogP contribution in [0.3, 0.4) is 0 Å². The van der Waals surface area contributed by atoms with Gasteiger partial charge in [-0.1, -0.05) is 6.07 Å². The fraction of sp³-hybridized carbons (Fsp3) is 0.375. The number of halogens is 4. The van der Waals surface area contributed by atoms with Crippen LogP contribution in [0.1, 0.15) is 35.0 Å². The molecule has 1 aromatic heterocycles. The van der Waals surface area contributed by atoms with Crippen molar-refractivity contribution in [2.24, 2.45) is 5.73 Å². The summed E-state index contributed by atoms with van der Waals surface area (Å²) in [7, 11) is -2.96. The Labute approximate surface area is 162 Å². The Bertz CT molecular complexity index is 861. The van der Waals surface area contributed by atoms with Crippen molar-refractivity contribution in [2.45, 2.75) is 32.2 Å². The molecular formula is C16H17F4N2O4PS. The van der Waals surface area contributed by atoms with E-state index in [0.717, 1.165) is 11.3 Å². The summed E-state index contributed by atoms with van der Waals surface area (Å²) in [4.78, 5) is 23.2. The molecule has 0 spiro atoms. The van der Waals surface area contributed by atoms with Crippen LogP contribution >= 0.6 is 19.6 Å². The second-order valence-electron chi connectivity index (χ2n) is 5.57. The summed E-state index contributed by atoms with van der Waals surface area (Å²) in [5, 5.41) is 2.69. The molecule has 3 atom stereocenters. The van der Waals surface area contributed by atoms with E-state index in [1.807, 2.05) is 0 Å². The van der Waals surface area contributed by atoms with Gasteiger partial charge in [-0.3, -0.25) is 14.7 Å². The number of nitrogens with one attached hydrogen (secondary N) is 1. The Balaban J connectivity index is 2.29. The molecule has 0 fully saturated rings. The van der Waals surface area contributed by atoms with E-state index in [1.165, 1.54) is 38.1 Å². The van der Waals surface area contributed by atoms with Crippen molar-refractivity contribution in [3.63, 3.8) is 0 Å². The van der Waals surface area contributed by atoms with E-state index < -0.39 is 38.5 Å². The lowest BCUT2D eigenvalue weighted by Gasteiger charge is -2.25. The van der Waals surface area contributed by atoms with Gasteiger partial charge in [-0.25, -0.2) is 8.91 Å². The minimum Gasteiger partial charge on any atom is -0.465 e. The molecule has 154 valence electrons. The van der Waals surface area contributed by atoms with Gasteiger partial charge in [0, 0.05) is 4.70 Å². The average Bonchev–Trinajstić information content (AvgIpc) is 3.03. The van der Waals surface area contributed by atoms with Crippen LogP contribution in [0.5, 0.6) is 0 Å². The van der Waals surface area contributed by atoms with Gasteiger partial charge < -0.3 is 10.5 Å². The van der Waals surface area contributed by atoms with Gasteiger partial charge in [0.2, 0.25) is 0 Å². The zero-order valence-electron chi connectivity index (χ0n) is 14.7. The Morgan fingerprint density at radius 2 is 2.00 bits per heavy atom. The molecule has 3 unspecified atom stereocenters. The number of carbonyl (C=O) groups excluding carboxylic acids is 2. The zero-order chi connectivity index (χ0) is 21.1. The van der Waals surface area contributed by atoms with Crippen molar-refractivity contribution in [3.05, 3.63) is 34.7 Å². The van der Waals surface area contributed by atoms with Crippen molar-refractivity contribution >= 4 is 41.6 Å². The number of alkyl halides is 4. The van der Waals surface area contributed by atoms with Crippen molar-refractivity contribution in [1.82, 2.24) is 5.09 Å². The van der Waals surface area contributed by atoms with E-state index in [1.54, 1.807) is 0 Å². The number of esters is 1. The smallest absolute Gasteiger partial charge is 0.465 e. The number of amides is 1. The fourth-order valence-electron chi connectivity index (χ4n) is 2.23. The third kappa shape index (κ3) is 5.84. The monoisotopic (exact) mass is 440 g/mol. The number of thiophene rings is 1. The van der Waals surface area contributed by atoms with Gasteiger partial charge in [0.15, 0.2) is 14.2 Å². The Morgan fingerprint density at radius 3 is 2.57 bits per heavy atom. The highest BCUT2D eigenvalue weighted by molar-refractivity contribution is 7.50. The van der Waals surface area contributed by atoms with Gasteiger partial charge in [0.05, 0.1) is 11.5 Å². The molecule has 2 aromatic rings. The maximum atomic E-state index is 14.9. The summed E-state index contributed by atoms with van der Waals surface area (Å²) >= 11 is 1.08. The molecule has 28 heavy (non-hydrogen) atoms. The topological polar surface area (TPSA) is 90.7 Å². The van der Waals surface area contributed by atoms with Crippen molar-refractivity contribution in [2.75, 3.05) is 6.61 Å². The van der Waals surface area contributed by atoms with Crippen LogP contribution in [0.15, 0.2) is 24.3 Å². The second kappa shape index (κ2) is 9.13. The Kier molecular flexibility index (Phi) is 7.33. The predicted molar refractivity (Wildman–Crippen MR) is 97.5 cm³/mol. The molecule has 1 aromatic carbocycles. The molecule has 0 saturated carbocycles. The van der Waals surface area contributed by atoms with Crippen LogP contribution in [0, 0.1) is 0 Å². The Morgan fingerprint density at radius 1 is 1.32 bits per heavy atom. The summed E-state index contributed by atoms with van der Waals surface area (Å²) in [6.45, 7) is 2.81. The quantitative estimate of drug-likeness (QED) is 0.362. The number of nitrogens with two attached hydrogens (primary N) is 1. The van der Waals surface area contributed by atoms with Crippen LogP contribution in [-0.4, -0.2) is 30.9 Å². The molecule has 3 N–H and O–H groups in total. The van der Waals surface area contributed by atoms with Crippen LogP contribution in [0.25, 0.3) is 10.1 Å². The van der Waals surface area contributed by atoms with Crippen LogP contribution in [-0.2, 0) is 14.1 Å². The first-order valence-electron chi connectivity index (χ1n) is 7.97. The first-order chi connectivity index (χ1) is 13.0. The lowest BCUT2D eigenvalue weighted by molar-refractivity contribution is -0.273. The largest absolute Gasteiger partial charge is 0.526 e. The molecule has 0 aliphatic heterocycles. The number of hydrogen-bond donors (Lipinski definition) is 2. The van der Waals surface area contributed by atoms with Crippen LogP contribution in [0.4, 0.5) is 17.6 Å². The molecule has 2 rings (SSSR count). The number of fused-ring (bicyclic) bond motifs is 1. The highest BCUT2D eigenvalue weighted by Crippen LogP contribution is 2.54. The lowest BCUT2D eigenvalue weighted by Crippen LogP contribution is -2.34. The maximum absolute atomic E-state index is 14.9. The molecule has 0 radical (unpaired) electrons. The van der Waals surface area contributed by atoms with Gasteiger partial charge in [-0.2, -0.15) is 0 Å². The highest BCUT2D eigenvalue weighted by atomic mass is 32.1. The summed E-state index contributed by atoms with van der Waals surface area (Å²) in [6, 6.07) is 4.30. The number of carbonyl (C=O) groups is 2. The predicted octanol–water partition coefficient (Wildman–Crippen LogP) is 4.36. The number of primary amides is 1. The van der Waals surface area contributed by atoms with Gasteiger partial charge >= 0.3 is 12.3 Å². The van der Waals surface area contributed by atoms with Crippen molar-refractivity contribution in [1.29, 1.82) is 0 Å². The number of ether oxygens (including phenoxy) is 1. The lowest BCUT2D eigenvalue weighted by atomic mass is 10.2. The average molecular weight is 440 g/mol. The molecule has 6 nitrogen and oxygen atoms in total. The van der Waals surface area contributed by atoms with Crippen LogP contribution in [0.2, 0.25) is 0 Å². The maximum Gasteiger partial charge on any atom is 0.526 e. The summed E-state index contributed by atoms with van der Waals surface area (Å²) in [6.07, 6.45) is -5.11. The van der Waals surface area contributed by atoms with Gasteiger partial charge in [0.1, 0.15) is 6.04 Å². The summed E-state index contributed by atoms with van der Waals surface area (Å²) in [5.41, 5.74) is 5.11. The SMILES string of the molecule is CCOC(=O)C(C)NP(OC(F)(F)F)C(F)c1ccc2sc(C(N)=O)cc2c1. The first kappa shape index (κ1) is 22.5. The van der Waals surface area contributed by atoms with E-state index >= 15 is 0 Å². The van der Waals surface area contributed by atoms with E-state index in [-0.39, 0.29) is 17.0 Å². The second-order valence-corrected chi connectivity index (χ2v) is 8.20. The molecule has 0 saturated heterocycles. The van der Waals surface area contributed by atoms with Crippen molar-refractivity contribution in [3.8, 4) is 0 Å². The highest BCUT2D eigenvalue weighted by Gasteiger charge is 2.40. The normalized spacial score (nSPS) is 15.2. The first-order valence-corrected chi connectivity index (χ1v) is 10.1. The summed E-state index contributed by atoms with van der Waals surface area (Å²) in [5.74, 6) is -3.69. The van der Waals surface area contributed by atoms with Gasteiger partial charge in [0.25, 0.3) is 5.91 Å². The summed E-state index contributed by atoms with van der Waals surface area (Å²) < 4.78 is 62.4. The minimum atomic E-state index is -5.11. The number of hydrogen-bond acceptors (Lipinski definition) is 6. The molecule has 1 amide bonds. The van der Waals surface area contributed by atoms with E-state index in [9.17, 15) is 27.2 Å². The molecular weight excluding hydrogens is 423 g/mol. The molecule has 1 heterocycles. The zero-order valence-corrected chi connectivity index (χ0v) is 16.5. The standard InChI is InChI=1S/C16H17F4N2O4PS/c1-3-25-15(24)8(2)22-27(26-16(18,19)20)13(17)9-4-5-11-10(6-9)7-12(28-11)14(21)23/h4-8,13,22H,3H2,1-2H3,(H2,21,23). The molecule has 0 aliphatic rings.